The molecule has 2 atom stereocenters. The largest absolute Gasteiger partial charge is 0.504 e. The SMILES string of the molecule is Nc1nc(/C(=N\OCC(=O)O)C(=O)N[C@@H]2C(=O)N3C(C(=O)O)=C(CSc4nc(-c5ccc(O)c(O)c5)cs4)CS[C@H]23)cs1. The fraction of sp³-hybridized carbons (Fsp3) is 0.208. The van der Waals surface area contributed by atoms with Crippen LogP contribution in [0.1, 0.15) is 5.69 Å². The van der Waals surface area contributed by atoms with E-state index in [2.05, 4.69) is 20.4 Å². The van der Waals surface area contributed by atoms with Crippen LogP contribution in [0.2, 0.25) is 0 Å². The summed E-state index contributed by atoms with van der Waals surface area (Å²) in [6.07, 6.45) is 0. The number of nitrogens with zero attached hydrogens (tertiary/aromatic N) is 4. The number of hydrogen-bond donors (Lipinski definition) is 6. The number of aromatic hydroxyl groups is 2. The summed E-state index contributed by atoms with van der Waals surface area (Å²) >= 11 is 4.90. The Balaban J connectivity index is 1.28. The Morgan fingerprint density at radius 2 is 1.95 bits per heavy atom. The molecule has 0 aliphatic carbocycles. The number of thioether (sulfide) groups is 2. The fourth-order valence-electron chi connectivity index (χ4n) is 4.04. The van der Waals surface area contributed by atoms with Gasteiger partial charge in [0.1, 0.15) is 22.8 Å². The number of aliphatic carboxylic acids is 2. The number of nitrogens with two attached hydrogens (primary N) is 1. The predicted octanol–water partition coefficient (Wildman–Crippen LogP) is 1.60. The number of β-lactam (4-membered cyclic amide) rings is 1. The van der Waals surface area contributed by atoms with Gasteiger partial charge in [-0.2, -0.15) is 0 Å². The van der Waals surface area contributed by atoms with Crippen molar-refractivity contribution in [3.05, 3.63) is 45.9 Å². The number of carboxylic acids is 2. The maximum atomic E-state index is 13.1. The fourth-order valence-corrected chi connectivity index (χ4v) is 7.91. The van der Waals surface area contributed by atoms with E-state index in [4.69, 9.17) is 15.7 Å². The first kappa shape index (κ1) is 30.1. The highest BCUT2D eigenvalue weighted by molar-refractivity contribution is 8.01. The predicted molar refractivity (Wildman–Crippen MR) is 158 cm³/mol. The molecule has 2 aliphatic heterocycles. The Kier molecular flexibility index (Phi) is 8.76. The van der Waals surface area contributed by atoms with Crippen LogP contribution in [-0.4, -0.2) is 94.3 Å². The van der Waals surface area contributed by atoms with E-state index in [1.807, 2.05) is 0 Å². The standard InChI is InChI=1S/C24H20N6O9S4/c25-23-26-12(8-41-23)16(29-39-4-15(33)34)19(35)28-17-20(36)30-18(22(37)38)10(5-40-21(17)30)6-42-24-27-11(7-43-24)9-1-2-13(31)14(32)3-9/h1-3,7-8,17,21,31-32H,4-6H2,(H2,25,26)(H,28,35)(H,33,34)(H,37,38)/b29-16+/t17-,21-/m1/s1. The van der Waals surface area contributed by atoms with E-state index in [0.717, 1.165) is 16.2 Å². The number of rotatable bonds is 11. The zero-order chi connectivity index (χ0) is 30.8. The van der Waals surface area contributed by atoms with Gasteiger partial charge in [0, 0.05) is 27.8 Å². The summed E-state index contributed by atoms with van der Waals surface area (Å²) in [4.78, 5) is 63.5. The molecule has 7 N–H and O–H groups in total. The van der Waals surface area contributed by atoms with Crippen LogP contribution in [0.25, 0.3) is 11.3 Å². The Morgan fingerprint density at radius 3 is 2.63 bits per heavy atom. The third kappa shape index (κ3) is 6.38. The topological polar surface area (TPSA) is 238 Å². The number of benzene rings is 1. The highest BCUT2D eigenvalue weighted by atomic mass is 32.2. The molecule has 19 heteroatoms. The van der Waals surface area contributed by atoms with Gasteiger partial charge in [0.2, 0.25) is 6.61 Å². The van der Waals surface area contributed by atoms with Crippen molar-refractivity contribution in [3.63, 3.8) is 0 Å². The summed E-state index contributed by atoms with van der Waals surface area (Å²) in [5.41, 5.74) is 6.76. The van der Waals surface area contributed by atoms with Crippen molar-refractivity contribution in [2.24, 2.45) is 5.16 Å². The molecule has 0 unspecified atom stereocenters. The van der Waals surface area contributed by atoms with Gasteiger partial charge in [0.25, 0.3) is 11.8 Å². The molecule has 0 saturated carbocycles. The maximum Gasteiger partial charge on any atom is 0.352 e. The molecule has 2 amide bonds. The summed E-state index contributed by atoms with van der Waals surface area (Å²) in [5, 5.41) is 46.8. The molecular weight excluding hydrogens is 645 g/mol. The number of oxime groups is 1. The van der Waals surface area contributed by atoms with Gasteiger partial charge in [-0.05, 0) is 23.8 Å². The van der Waals surface area contributed by atoms with Gasteiger partial charge in [-0.25, -0.2) is 19.6 Å². The summed E-state index contributed by atoms with van der Waals surface area (Å²) in [7, 11) is 0. The van der Waals surface area contributed by atoms with Gasteiger partial charge in [-0.3, -0.25) is 14.5 Å². The van der Waals surface area contributed by atoms with Gasteiger partial charge >= 0.3 is 11.9 Å². The van der Waals surface area contributed by atoms with Crippen LogP contribution in [0.4, 0.5) is 5.13 Å². The van der Waals surface area contributed by atoms with Crippen LogP contribution in [0.5, 0.6) is 11.5 Å². The number of carbonyl (C=O) groups is 4. The number of carbonyl (C=O) groups excluding carboxylic acids is 2. The normalized spacial score (nSPS) is 18.2. The number of phenols is 2. The summed E-state index contributed by atoms with van der Waals surface area (Å²) in [6, 6.07) is 3.27. The molecule has 15 nitrogen and oxygen atoms in total. The van der Waals surface area contributed by atoms with Crippen molar-refractivity contribution in [1.82, 2.24) is 20.2 Å². The number of nitrogen functional groups attached to an aromatic ring is 1. The molecule has 1 saturated heterocycles. The number of nitrogens with one attached hydrogen (secondary N) is 1. The first-order chi connectivity index (χ1) is 20.5. The highest BCUT2D eigenvalue weighted by Crippen LogP contribution is 2.42. The van der Waals surface area contributed by atoms with Crippen LogP contribution in [0, 0.1) is 0 Å². The molecule has 1 aromatic carbocycles. The van der Waals surface area contributed by atoms with E-state index in [1.165, 1.54) is 52.4 Å². The molecule has 0 bridgehead atoms. The second-order valence-electron chi connectivity index (χ2n) is 8.79. The van der Waals surface area contributed by atoms with Crippen LogP contribution < -0.4 is 11.1 Å². The van der Waals surface area contributed by atoms with Crippen molar-refractivity contribution >= 4 is 80.8 Å². The molecule has 2 aliphatic rings. The lowest BCUT2D eigenvalue weighted by Gasteiger charge is -2.49. The van der Waals surface area contributed by atoms with Gasteiger partial charge in [-0.15, -0.1) is 34.4 Å². The molecule has 0 radical (unpaired) electrons. The Morgan fingerprint density at radius 1 is 1.16 bits per heavy atom. The van der Waals surface area contributed by atoms with Crippen molar-refractivity contribution in [1.29, 1.82) is 0 Å². The third-order valence-corrected chi connectivity index (χ3v) is 10.1. The number of anilines is 1. The molecule has 2 aromatic heterocycles. The summed E-state index contributed by atoms with van der Waals surface area (Å²) in [5.74, 6) is -4.15. The van der Waals surface area contributed by atoms with Gasteiger partial charge in [0.05, 0.1) is 5.69 Å². The summed E-state index contributed by atoms with van der Waals surface area (Å²) in [6.45, 7) is -0.818. The molecule has 1 fully saturated rings. The van der Waals surface area contributed by atoms with Crippen molar-refractivity contribution < 1.29 is 44.4 Å². The van der Waals surface area contributed by atoms with E-state index in [1.54, 1.807) is 11.4 Å². The molecule has 4 heterocycles. The quantitative estimate of drug-likeness (QED) is 0.0561. The van der Waals surface area contributed by atoms with E-state index >= 15 is 0 Å². The number of aromatic nitrogens is 2. The minimum absolute atomic E-state index is 0.0169. The number of carboxylic acid groups (broad SMARTS) is 2. The van der Waals surface area contributed by atoms with E-state index < -0.39 is 47.5 Å². The van der Waals surface area contributed by atoms with E-state index in [9.17, 15) is 34.5 Å². The number of thiazole rings is 2. The minimum atomic E-state index is -1.32. The molecule has 0 spiro atoms. The summed E-state index contributed by atoms with van der Waals surface area (Å²) < 4.78 is 0.631. The monoisotopic (exact) mass is 664 g/mol. The Hall–Kier alpha value is -4.33. The highest BCUT2D eigenvalue weighted by Gasteiger charge is 2.54. The first-order valence-electron chi connectivity index (χ1n) is 12.0. The second kappa shape index (κ2) is 12.5. The first-order valence-corrected chi connectivity index (χ1v) is 15.8. The van der Waals surface area contributed by atoms with Gasteiger partial charge in [0.15, 0.2) is 26.7 Å². The second-order valence-corrected chi connectivity index (χ2v) is 12.9. The number of phenolic OH excluding ortho intramolecular Hbond substituents is 2. The van der Waals surface area contributed by atoms with Crippen LogP contribution >= 0.6 is 46.2 Å². The molecule has 3 aromatic rings. The van der Waals surface area contributed by atoms with Crippen LogP contribution in [0.3, 0.4) is 0 Å². The lowest BCUT2D eigenvalue weighted by molar-refractivity contribution is -0.150. The molecule has 5 rings (SSSR count). The Bertz CT molecular complexity index is 1690. The zero-order valence-corrected chi connectivity index (χ0v) is 24.8. The number of amides is 2. The van der Waals surface area contributed by atoms with Gasteiger partial charge in [-0.1, -0.05) is 16.9 Å². The van der Waals surface area contributed by atoms with Crippen molar-refractivity contribution in [3.8, 4) is 22.8 Å². The number of hydrogen-bond acceptors (Lipinski definition) is 15. The minimum Gasteiger partial charge on any atom is -0.504 e. The number of fused-ring (bicyclic) bond motifs is 1. The Labute approximate surface area is 258 Å². The van der Waals surface area contributed by atoms with E-state index in [0.29, 0.717) is 21.2 Å². The lowest BCUT2D eigenvalue weighted by Crippen LogP contribution is -2.71. The van der Waals surface area contributed by atoms with Crippen molar-refractivity contribution in [2.75, 3.05) is 23.8 Å². The smallest absolute Gasteiger partial charge is 0.352 e. The zero-order valence-electron chi connectivity index (χ0n) is 21.5. The average molecular weight is 665 g/mol. The third-order valence-electron chi connectivity index (χ3n) is 5.98. The maximum absolute atomic E-state index is 13.1. The van der Waals surface area contributed by atoms with Crippen molar-refractivity contribution in [2.45, 2.75) is 15.8 Å². The van der Waals surface area contributed by atoms with Gasteiger partial charge < -0.3 is 36.3 Å². The molecular formula is C24H20N6O9S4. The average Bonchev–Trinajstić information content (AvgIpc) is 3.62. The van der Waals surface area contributed by atoms with Crippen LogP contribution in [0.15, 0.2) is 49.7 Å². The lowest BCUT2D eigenvalue weighted by atomic mass is 10.0. The molecule has 43 heavy (non-hydrogen) atoms. The van der Waals surface area contributed by atoms with E-state index in [-0.39, 0.29) is 39.5 Å². The van der Waals surface area contributed by atoms with Crippen LogP contribution in [-0.2, 0) is 24.0 Å². The molecule has 224 valence electrons.